The monoisotopic (exact) mass is 377 g/mol. The number of para-hydroxylation sites is 1. The lowest BCUT2D eigenvalue weighted by molar-refractivity contribution is 0.102. The molecule has 1 aromatic heterocycles. The summed E-state index contributed by atoms with van der Waals surface area (Å²) >= 11 is 0. The molecule has 1 fully saturated rings. The number of hydrogen-bond acceptors (Lipinski definition) is 3. The number of hydrogen-bond donors (Lipinski definition) is 1. The molecule has 0 atom stereocenters. The molecule has 0 aliphatic carbocycles. The summed E-state index contributed by atoms with van der Waals surface area (Å²) in [6, 6.07) is 15.2. The van der Waals surface area contributed by atoms with E-state index >= 15 is 0 Å². The zero-order valence-corrected chi connectivity index (χ0v) is 16.0. The molecule has 0 radical (unpaired) electrons. The van der Waals surface area contributed by atoms with Crippen LogP contribution in [0.2, 0.25) is 0 Å². The zero-order valence-electron chi connectivity index (χ0n) is 16.0. The standard InChI is InChI=1S/C22H23N3O3/c1-15(2)13-24-14-19(18-8-3-4-9-20(18)24)21(26)23-16-6-5-7-17(12-16)25-10-11-28-22(25)27/h3-9,12,14-15H,10-11,13H2,1-2H3,(H,23,26). The summed E-state index contributed by atoms with van der Waals surface area (Å²) in [5.41, 5.74) is 3.04. The summed E-state index contributed by atoms with van der Waals surface area (Å²) in [5.74, 6) is 0.309. The highest BCUT2D eigenvalue weighted by molar-refractivity contribution is 6.13. The number of amides is 2. The average molecular weight is 377 g/mol. The van der Waals surface area contributed by atoms with Crippen LogP contribution in [0.3, 0.4) is 0 Å². The molecule has 1 aliphatic rings. The third kappa shape index (κ3) is 3.45. The maximum atomic E-state index is 13.0. The predicted octanol–water partition coefficient (Wildman–Crippen LogP) is 4.51. The van der Waals surface area contributed by atoms with Crippen molar-refractivity contribution in [2.24, 2.45) is 5.92 Å². The molecule has 144 valence electrons. The zero-order chi connectivity index (χ0) is 19.7. The second-order valence-electron chi connectivity index (χ2n) is 7.38. The molecule has 3 aromatic rings. The molecule has 0 bridgehead atoms. The van der Waals surface area contributed by atoms with Crippen molar-refractivity contribution in [2.75, 3.05) is 23.4 Å². The minimum Gasteiger partial charge on any atom is -0.447 e. The summed E-state index contributed by atoms with van der Waals surface area (Å²) < 4.78 is 7.12. The molecule has 2 heterocycles. The molecular formula is C22H23N3O3. The molecule has 1 N–H and O–H groups in total. The van der Waals surface area contributed by atoms with E-state index in [-0.39, 0.29) is 12.0 Å². The van der Waals surface area contributed by atoms with E-state index in [1.165, 1.54) is 0 Å². The molecule has 6 nitrogen and oxygen atoms in total. The fourth-order valence-corrected chi connectivity index (χ4v) is 3.55. The third-order valence-corrected chi connectivity index (χ3v) is 4.77. The van der Waals surface area contributed by atoms with E-state index in [9.17, 15) is 9.59 Å². The lowest BCUT2D eigenvalue weighted by Crippen LogP contribution is -2.23. The first-order chi connectivity index (χ1) is 13.5. The molecule has 0 spiro atoms. The Bertz CT molecular complexity index is 1040. The van der Waals surface area contributed by atoms with Crippen LogP contribution >= 0.6 is 0 Å². The van der Waals surface area contributed by atoms with Crippen molar-refractivity contribution < 1.29 is 14.3 Å². The Morgan fingerprint density at radius 1 is 1.18 bits per heavy atom. The van der Waals surface area contributed by atoms with E-state index in [1.54, 1.807) is 11.0 Å². The first-order valence-corrected chi connectivity index (χ1v) is 9.46. The molecule has 28 heavy (non-hydrogen) atoms. The maximum Gasteiger partial charge on any atom is 0.414 e. The van der Waals surface area contributed by atoms with Gasteiger partial charge in [-0.05, 0) is 30.2 Å². The quantitative estimate of drug-likeness (QED) is 0.712. The highest BCUT2D eigenvalue weighted by Gasteiger charge is 2.24. The van der Waals surface area contributed by atoms with E-state index in [1.807, 2.05) is 48.7 Å². The van der Waals surface area contributed by atoms with Gasteiger partial charge < -0.3 is 14.6 Å². The summed E-state index contributed by atoms with van der Waals surface area (Å²) in [6.07, 6.45) is 1.56. The number of nitrogens with one attached hydrogen (secondary N) is 1. The predicted molar refractivity (Wildman–Crippen MR) is 110 cm³/mol. The Balaban J connectivity index is 1.62. The van der Waals surface area contributed by atoms with Gasteiger partial charge in [-0.25, -0.2) is 4.79 Å². The summed E-state index contributed by atoms with van der Waals surface area (Å²) in [4.78, 5) is 26.3. The maximum absolute atomic E-state index is 13.0. The molecule has 4 rings (SSSR count). The van der Waals surface area contributed by atoms with E-state index in [2.05, 4.69) is 23.7 Å². The molecule has 2 amide bonds. The number of aromatic nitrogens is 1. The Morgan fingerprint density at radius 2 is 2.00 bits per heavy atom. The van der Waals surface area contributed by atoms with Crippen molar-refractivity contribution in [2.45, 2.75) is 20.4 Å². The van der Waals surface area contributed by atoms with Crippen LogP contribution in [0.4, 0.5) is 16.2 Å². The van der Waals surface area contributed by atoms with E-state index in [0.29, 0.717) is 36.0 Å². The Hall–Kier alpha value is -3.28. The molecule has 1 saturated heterocycles. The smallest absolute Gasteiger partial charge is 0.414 e. The van der Waals surface area contributed by atoms with Gasteiger partial charge in [-0.2, -0.15) is 0 Å². The lowest BCUT2D eigenvalue weighted by Gasteiger charge is -2.14. The number of cyclic esters (lactones) is 1. The van der Waals surface area contributed by atoms with Crippen LogP contribution in [0, 0.1) is 5.92 Å². The topological polar surface area (TPSA) is 63.6 Å². The third-order valence-electron chi connectivity index (χ3n) is 4.77. The Labute approximate surface area is 163 Å². The van der Waals surface area contributed by atoms with Crippen molar-refractivity contribution in [3.8, 4) is 0 Å². The summed E-state index contributed by atoms with van der Waals surface area (Å²) in [5, 5.41) is 3.90. The SMILES string of the molecule is CC(C)Cn1cc(C(=O)Nc2cccc(N3CCOC3=O)c2)c2ccccc21. The van der Waals surface area contributed by atoms with Gasteiger partial charge in [0, 0.05) is 35.0 Å². The van der Waals surface area contributed by atoms with Crippen LogP contribution in [0.25, 0.3) is 10.9 Å². The second-order valence-corrected chi connectivity index (χ2v) is 7.38. The largest absolute Gasteiger partial charge is 0.447 e. The number of nitrogens with zero attached hydrogens (tertiary/aromatic N) is 2. The highest BCUT2D eigenvalue weighted by atomic mass is 16.6. The van der Waals surface area contributed by atoms with Crippen molar-refractivity contribution in [3.63, 3.8) is 0 Å². The van der Waals surface area contributed by atoms with Crippen LogP contribution in [0.1, 0.15) is 24.2 Å². The van der Waals surface area contributed by atoms with Crippen LogP contribution in [-0.2, 0) is 11.3 Å². The van der Waals surface area contributed by atoms with Crippen molar-refractivity contribution >= 4 is 34.3 Å². The number of rotatable bonds is 5. The fourth-order valence-electron chi connectivity index (χ4n) is 3.55. The Kier molecular flexibility index (Phi) is 4.77. The van der Waals surface area contributed by atoms with E-state index in [0.717, 1.165) is 17.4 Å². The van der Waals surface area contributed by atoms with Crippen molar-refractivity contribution in [1.82, 2.24) is 4.57 Å². The summed E-state index contributed by atoms with van der Waals surface area (Å²) in [6.45, 7) is 6.05. The van der Waals surface area contributed by atoms with Gasteiger partial charge in [0.25, 0.3) is 5.91 Å². The van der Waals surface area contributed by atoms with E-state index in [4.69, 9.17) is 4.74 Å². The molecule has 6 heteroatoms. The molecule has 0 unspecified atom stereocenters. The molecule has 1 aliphatic heterocycles. The molecule has 0 saturated carbocycles. The number of fused-ring (bicyclic) bond motifs is 1. The lowest BCUT2D eigenvalue weighted by atomic mass is 10.1. The number of benzene rings is 2. The van der Waals surface area contributed by atoms with Gasteiger partial charge in [-0.1, -0.05) is 38.1 Å². The van der Waals surface area contributed by atoms with E-state index < -0.39 is 0 Å². The minimum atomic E-state index is -0.361. The van der Waals surface area contributed by atoms with Gasteiger partial charge in [0.05, 0.1) is 12.1 Å². The van der Waals surface area contributed by atoms with Gasteiger partial charge in [0.15, 0.2) is 0 Å². The Morgan fingerprint density at radius 3 is 2.75 bits per heavy atom. The van der Waals surface area contributed by atoms with Gasteiger partial charge in [-0.15, -0.1) is 0 Å². The highest BCUT2D eigenvalue weighted by Crippen LogP contribution is 2.26. The first kappa shape index (κ1) is 18.1. The van der Waals surface area contributed by atoms with Gasteiger partial charge >= 0.3 is 6.09 Å². The van der Waals surface area contributed by atoms with Crippen LogP contribution in [0.5, 0.6) is 0 Å². The fraction of sp³-hybridized carbons (Fsp3) is 0.273. The van der Waals surface area contributed by atoms with Gasteiger partial charge in [0.2, 0.25) is 0 Å². The van der Waals surface area contributed by atoms with Crippen molar-refractivity contribution in [3.05, 3.63) is 60.3 Å². The number of anilines is 2. The first-order valence-electron chi connectivity index (χ1n) is 9.46. The number of ether oxygens (including phenoxy) is 1. The summed E-state index contributed by atoms with van der Waals surface area (Å²) in [7, 11) is 0. The van der Waals surface area contributed by atoms with Crippen molar-refractivity contribution in [1.29, 1.82) is 0 Å². The second kappa shape index (κ2) is 7.38. The minimum absolute atomic E-state index is 0.167. The number of carbonyl (C=O) groups is 2. The van der Waals surface area contributed by atoms with Crippen LogP contribution in [0.15, 0.2) is 54.7 Å². The molecule has 2 aromatic carbocycles. The average Bonchev–Trinajstić information content (AvgIpc) is 3.26. The normalized spacial score (nSPS) is 14.0. The van der Waals surface area contributed by atoms with Crippen LogP contribution in [-0.4, -0.2) is 29.7 Å². The number of carbonyl (C=O) groups excluding carboxylic acids is 2. The van der Waals surface area contributed by atoms with Crippen LogP contribution < -0.4 is 10.2 Å². The molecular weight excluding hydrogens is 354 g/mol. The van der Waals surface area contributed by atoms with Gasteiger partial charge in [0.1, 0.15) is 6.61 Å². The van der Waals surface area contributed by atoms with Gasteiger partial charge in [-0.3, -0.25) is 9.69 Å².